The number of rotatable bonds is 11. The number of unbranched alkanes of at least 4 members (excludes halogenated alkanes) is 5. The zero-order valence-electron chi connectivity index (χ0n) is 18.7. The van der Waals surface area contributed by atoms with Crippen molar-refractivity contribution in [3.05, 3.63) is 40.2 Å². The number of hydrogen-bond donors (Lipinski definition) is 0. The molecule has 3 rings (SSSR count). The molecule has 0 aliphatic heterocycles. The van der Waals surface area contributed by atoms with Crippen LogP contribution in [0.1, 0.15) is 103 Å². The van der Waals surface area contributed by atoms with Crippen molar-refractivity contribution in [3.8, 4) is 5.75 Å². The molecular formula is C26H37FO3. The average Bonchev–Trinajstić information content (AvgIpc) is 2.76. The van der Waals surface area contributed by atoms with Crippen molar-refractivity contribution in [1.29, 1.82) is 0 Å². The third kappa shape index (κ3) is 5.86. The maximum atomic E-state index is 14.9. The zero-order chi connectivity index (χ0) is 21.3. The fraction of sp³-hybridized carbons (Fsp3) is 0.654. The molecule has 1 fully saturated rings. The summed E-state index contributed by atoms with van der Waals surface area (Å²) in [6.07, 6.45) is 13.9. The van der Waals surface area contributed by atoms with E-state index < -0.39 is 11.4 Å². The highest BCUT2D eigenvalue weighted by atomic mass is 19.1. The van der Waals surface area contributed by atoms with Crippen LogP contribution in [-0.2, 0) is 0 Å². The van der Waals surface area contributed by atoms with Crippen LogP contribution in [0.4, 0.5) is 4.39 Å². The van der Waals surface area contributed by atoms with Crippen LogP contribution in [0.2, 0.25) is 0 Å². The van der Waals surface area contributed by atoms with Crippen LogP contribution in [0.15, 0.2) is 27.4 Å². The second-order valence-corrected chi connectivity index (χ2v) is 8.90. The second-order valence-electron chi connectivity index (χ2n) is 8.90. The van der Waals surface area contributed by atoms with Crippen LogP contribution < -0.4 is 10.4 Å². The van der Waals surface area contributed by atoms with Gasteiger partial charge < -0.3 is 9.15 Å². The van der Waals surface area contributed by atoms with Crippen molar-refractivity contribution in [2.75, 3.05) is 6.61 Å². The van der Waals surface area contributed by atoms with Gasteiger partial charge in [-0.25, -0.2) is 9.18 Å². The van der Waals surface area contributed by atoms with Gasteiger partial charge in [0.05, 0.1) is 6.61 Å². The smallest absolute Gasteiger partial charge is 0.346 e. The zero-order valence-corrected chi connectivity index (χ0v) is 18.7. The first-order valence-electron chi connectivity index (χ1n) is 12.0. The van der Waals surface area contributed by atoms with E-state index in [0.29, 0.717) is 17.8 Å². The Bertz CT molecular complexity index is 849. The van der Waals surface area contributed by atoms with E-state index in [9.17, 15) is 9.18 Å². The fourth-order valence-electron chi connectivity index (χ4n) is 4.67. The summed E-state index contributed by atoms with van der Waals surface area (Å²) in [5.74, 6) is 1.33. The van der Waals surface area contributed by atoms with Crippen LogP contribution in [0, 0.1) is 11.7 Å². The molecule has 1 heterocycles. The quantitative estimate of drug-likeness (QED) is 0.352. The van der Waals surface area contributed by atoms with Crippen molar-refractivity contribution in [3.63, 3.8) is 0 Å². The fourth-order valence-corrected chi connectivity index (χ4v) is 4.67. The molecule has 1 aromatic heterocycles. The van der Waals surface area contributed by atoms with Gasteiger partial charge in [0.15, 0.2) is 11.6 Å². The van der Waals surface area contributed by atoms with Gasteiger partial charge in [-0.1, -0.05) is 64.9 Å². The predicted octanol–water partition coefficient (Wildman–Crippen LogP) is 7.75. The van der Waals surface area contributed by atoms with E-state index in [1.165, 1.54) is 51.4 Å². The van der Waals surface area contributed by atoms with Gasteiger partial charge in [-0.3, -0.25) is 0 Å². The molecule has 4 heteroatoms. The minimum atomic E-state index is -0.593. The summed E-state index contributed by atoms with van der Waals surface area (Å²) in [5, 5.41) is 0.626. The number of fused-ring (bicyclic) bond motifs is 1. The topological polar surface area (TPSA) is 39.4 Å². The van der Waals surface area contributed by atoms with Crippen molar-refractivity contribution in [2.45, 2.75) is 96.8 Å². The lowest BCUT2D eigenvalue weighted by atomic mass is 9.78. The van der Waals surface area contributed by atoms with Crippen LogP contribution in [0.3, 0.4) is 0 Å². The molecule has 1 aliphatic carbocycles. The highest BCUT2D eigenvalue weighted by Crippen LogP contribution is 2.38. The Kier molecular flexibility index (Phi) is 8.77. The van der Waals surface area contributed by atoms with E-state index in [2.05, 4.69) is 13.8 Å². The maximum absolute atomic E-state index is 14.9. The number of ether oxygens (including phenoxy) is 1. The second kappa shape index (κ2) is 11.5. The molecule has 2 aromatic rings. The minimum absolute atomic E-state index is 0.0128. The van der Waals surface area contributed by atoms with Gasteiger partial charge in [0.2, 0.25) is 0 Å². The number of halogens is 1. The summed E-state index contributed by atoms with van der Waals surface area (Å²) < 4.78 is 26.1. The monoisotopic (exact) mass is 416 g/mol. The summed E-state index contributed by atoms with van der Waals surface area (Å²) >= 11 is 0. The van der Waals surface area contributed by atoms with Crippen LogP contribution >= 0.6 is 0 Å². The normalized spacial score (nSPS) is 19.3. The van der Waals surface area contributed by atoms with Gasteiger partial charge in [-0.15, -0.1) is 0 Å². The Labute approximate surface area is 180 Å². The average molecular weight is 417 g/mol. The highest BCUT2D eigenvalue weighted by molar-refractivity contribution is 5.83. The molecule has 0 radical (unpaired) electrons. The largest absolute Gasteiger partial charge is 0.490 e. The molecule has 0 atom stereocenters. The van der Waals surface area contributed by atoms with Crippen molar-refractivity contribution in [2.24, 2.45) is 5.92 Å². The first-order valence-corrected chi connectivity index (χ1v) is 12.0. The van der Waals surface area contributed by atoms with Crippen molar-refractivity contribution in [1.82, 2.24) is 0 Å². The molecule has 166 valence electrons. The molecule has 0 bridgehead atoms. The molecule has 1 aromatic carbocycles. The minimum Gasteiger partial charge on any atom is -0.490 e. The summed E-state index contributed by atoms with van der Waals surface area (Å²) in [6.45, 7) is 4.88. The van der Waals surface area contributed by atoms with E-state index in [4.69, 9.17) is 9.15 Å². The van der Waals surface area contributed by atoms with Gasteiger partial charge in [0.25, 0.3) is 0 Å². The molecule has 0 amide bonds. The number of benzene rings is 1. The Morgan fingerprint density at radius 1 is 1.00 bits per heavy atom. The molecule has 0 N–H and O–H groups in total. The Morgan fingerprint density at radius 2 is 1.73 bits per heavy atom. The van der Waals surface area contributed by atoms with E-state index in [-0.39, 0.29) is 17.1 Å². The first kappa shape index (κ1) is 22.8. The van der Waals surface area contributed by atoms with Gasteiger partial charge in [-0.05, 0) is 55.5 Å². The van der Waals surface area contributed by atoms with Crippen molar-refractivity contribution < 1.29 is 13.5 Å². The lowest BCUT2D eigenvalue weighted by molar-refractivity contribution is 0.276. The number of hydrogen-bond acceptors (Lipinski definition) is 3. The van der Waals surface area contributed by atoms with Gasteiger partial charge in [0, 0.05) is 5.92 Å². The molecule has 1 aliphatic rings. The summed E-state index contributed by atoms with van der Waals surface area (Å²) in [6, 6.07) is 5.30. The summed E-state index contributed by atoms with van der Waals surface area (Å²) in [5.41, 5.74) is -0.582. The van der Waals surface area contributed by atoms with E-state index in [1.54, 1.807) is 12.1 Å². The van der Waals surface area contributed by atoms with Gasteiger partial charge in [-0.2, -0.15) is 0 Å². The summed E-state index contributed by atoms with van der Waals surface area (Å²) in [7, 11) is 0. The van der Waals surface area contributed by atoms with Crippen LogP contribution in [0.5, 0.6) is 5.75 Å². The Balaban J connectivity index is 1.66. The Morgan fingerprint density at radius 3 is 2.47 bits per heavy atom. The lowest BCUT2D eigenvalue weighted by Gasteiger charge is -2.27. The Hall–Kier alpha value is -1.84. The van der Waals surface area contributed by atoms with E-state index in [0.717, 1.165) is 31.6 Å². The molecule has 30 heavy (non-hydrogen) atoms. The molecule has 1 saturated carbocycles. The van der Waals surface area contributed by atoms with Crippen LogP contribution in [0.25, 0.3) is 10.8 Å². The summed E-state index contributed by atoms with van der Waals surface area (Å²) in [4.78, 5) is 12.6. The maximum Gasteiger partial charge on any atom is 0.346 e. The van der Waals surface area contributed by atoms with Crippen LogP contribution in [-0.4, -0.2) is 6.61 Å². The van der Waals surface area contributed by atoms with Gasteiger partial charge in [0.1, 0.15) is 11.1 Å². The van der Waals surface area contributed by atoms with Crippen molar-refractivity contribution >= 4 is 10.8 Å². The predicted molar refractivity (Wildman–Crippen MR) is 121 cm³/mol. The van der Waals surface area contributed by atoms with E-state index in [1.807, 2.05) is 6.07 Å². The third-order valence-electron chi connectivity index (χ3n) is 6.57. The lowest BCUT2D eigenvalue weighted by Crippen LogP contribution is -2.15. The van der Waals surface area contributed by atoms with Gasteiger partial charge >= 0.3 is 5.63 Å². The molecule has 3 nitrogen and oxygen atoms in total. The molecule has 0 saturated heterocycles. The SMILES string of the molecule is CCCCCCCOc1ccc2cc(C3CCC(CCCC)CC3)oc(=O)c2c1F. The third-order valence-corrected chi connectivity index (χ3v) is 6.57. The first-order chi connectivity index (χ1) is 14.6. The highest BCUT2D eigenvalue weighted by Gasteiger charge is 2.25. The van der Waals surface area contributed by atoms with E-state index >= 15 is 0 Å². The molecular weight excluding hydrogens is 379 g/mol. The molecule has 0 unspecified atom stereocenters. The molecule has 0 spiro atoms. The standard InChI is InChI=1S/C26H37FO3/c1-3-5-7-8-9-17-29-22-16-15-21-18-23(30-26(28)24(21)25(22)27)20-13-11-19(12-14-20)10-6-4-2/h15-16,18-20H,3-14,17H2,1-2H3.